The van der Waals surface area contributed by atoms with Crippen molar-refractivity contribution in [3.05, 3.63) is 58.0 Å². The predicted octanol–water partition coefficient (Wildman–Crippen LogP) is 3.85. The predicted molar refractivity (Wildman–Crippen MR) is 84.9 cm³/mol. The van der Waals surface area contributed by atoms with Gasteiger partial charge < -0.3 is 11.1 Å². The van der Waals surface area contributed by atoms with E-state index in [0.29, 0.717) is 27.5 Å². The first-order valence-electron chi connectivity index (χ1n) is 6.94. The van der Waals surface area contributed by atoms with Gasteiger partial charge in [0.1, 0.15) is 11.6 Å². The third-order valence-corrected chi connectivity index (χ3v) is 3.56. The number of hydrogen-bond donors (Lipinski definition) is 2. The second kappa shape index (κ2) is 6.87. The summed E-state index contributed by atoms with van der Waals surface area (Å²) in [6, 6.07) is 6.71. The Bertz CT molecular complexity index is 629. The van der Waals surface area contributed by atoms with E-state index in [9.17, 15) is 4.39 Å². The minimum absolute atomic E-state index is 0.231. The summed E-state index contributed by atoms with van der Waals surface area (Å²) in [5, 5.41) is 3.80. The van der Waals surface area contributed by atoms with Crippen LogP contribution in [0.4, 0.5) is 10.2 Å². The van der Waals surface area contributed by atoms with Crippen LogP contribution in [0.1, 0.15) is 36.1 Å². The van der Waals surface area contributed by atoms with Crippen molar-refractivity contribution >= 4 is 17.4 Å². The Morgan fingerprint density at radius 1 is 1.38 bits per heavy atom. The summed E-state index contributed by atoms with van der Waals surface area (Å²) < 4.78 is 14.5. The van der Waals surface area contributed by atoms with Gasteiger partial charge in [0, 0.05) is 17.3 Å². The van der Waals surface area contributed by atoms with Gasteiger partial charge in [0.2, 0.25) is 0 Å². The van der Waals surface area contributed by atoms with Crippen LogP contribution in [0.5, 0.6) is 0 Å². The van der Waals surface area contributed by atoms with Crippen molar-refractivity contribution in [3.63, 3.8) is 0 Å². The van der Waals surface area contributed by atoms with Gasteiger partial charge >= 0.3 is 0 Å². The number of nitrogens with zero attached hydrogens (tertiary/aromatic N) is 1. The van der Waals surface area contributed by atoms with Crippen molar-refractivity contribution in [1.82, 2.24) is 10.3 Å². The third-order valence-electron chi connectivity index (χ3n) is 3.36. The van der Waals surface area contributed by atoms with Gasteiger partial charge in [-0.05, 0) is 31.5 Å². The maximum atomic E-state index is 14.5. The molecule has 112 valence electrons. The highest BCUT2D eigenvalue weighted by Crippen LogP contribution is 2.30. The Morgan fingerprint density at radius 3 is 2.86 bits per heavy atom. The molecule has 2 aromatic rings. The summed E-state index contributed by atoms with van der Waals surface area (Å²) in [4.78, 5) is 4.07. The van der Waals surface area contributed by atoms with Crippen molar-refractivity contribution in [1.29, 1.82) is 0 Å². The van der Waals surface area contributed by atoms with Gasteiger partial charge in [0.15, 0.2) is 0 Å². The lowest BCUT2D eigenvalue weighted by atomic mass is 9.96. The van der Waals surface area contributed by atoms with Crippen LogP contribution >= 0.6 is 11.6 Å². The molecular weight excluding hydrogens is 289 g/mol. The normalized spacial score (nSPS) is 12.4. The number of benzene rings is 1. The molecule has 0 saturated heterocycles. The van der Waals surface area contributed by atoms with Crippen LogP contribution in [0, 0.1) is 12.7 Å². The summed E-state index contributed by atoms with van der Waals surface area (Å²) in [5.74, 6) is 0.124. The highest BCUT2D eigenvalue weighted by molar-refractivity contribution is 6.30. The second-order valence-electron chi connectivity index (χ2n) is 4.99. The zero-order valence-electron chi connectivity index (χ0n) is 12.2. The Labute approximate surface area is 129 Å². The SMILES string of the molecule is CCCNC(c1cc(Cl)cnc1N)c1cccc(C)c1F. The van der Waals surface area contributed by atoms with E-state index in [-0.39, 0.29) is 11.9 Å². The number of hydrogen-bond acceptors (Lipinski definition) is 3. The molecule has 1 atom stereocenters. The Morgan fingerprint density at radius 2 is 2.14 bits per heavy atom. The lowest BCUT2D eigenvalue weighted by molar-refractivity contribution is 0.542. The molecule has 3 N–H and O–H groups in total. The fourth-order valence-corrected chi connectivity index (χ4v) is 2.43. The average molecular weight is 308 g/mol. The molecule has 1 aromatic heterocycles. The van der Waals surface area contributed by atoms with Crippen LogP contribution in [0.2, 0.25) is 5.02 Å². The first-order valence-corrected chi connectivity index (χ1v) is 7.31. The minimum atomic E-state index is -0.365. The summed E-state index contributed by atoms with van der Waals surface area (Å²) >= 11 is 6.01. The number of pyridine rings is 1. The highest BCUT2D eigenvalue weighted by atomic mass is 35.5. The van der Waals surface area contributed by atoms with E-state index in [1.165, 1.54) is 6.20 Å². The van der Waals surface area contributed by atoms with E-state index in [4.69, 9.17) is 17.3 Å². The molecule has 2 rings (SSSR count). The van der Waals surface area contributed by atoms with Crippen molar-refractivity contribution in [2.45, 2.75) is 26.3 Å². The maximum Gasteiger partial charge on any atom is 0.131 e. The standard InChI is InChI=1S/C16H19ClFN3/c1-3-7-20-15(12-6-4-5-10(2)14(12)18)13-8-11(17)9-21-16(13)19/h4-6,8-9,15,20H,3,7H2,1-2H3,(H2,19,21). The molecule has 0 aliphatic heterocycles. The zero-order valence-corrected chi connectivity index (χ0v) is 12.9. The van der Waals surface area contributed by atoms with E-state index < -0.39 is 0 Å². The summed E-state index contributed by atoms with van der Waals surface area (Å²) in [6.45, 7) is 4.54. The Hall–Kier alpha value is -1.65. The van der Waals surface area contributed by atoms with Crippen molar-refractivity contribution in [2.24, 2.45) is 0 Å². The number of aryl methyl sites for hydroxylation is 1. The van der Waals surface area contributed by atoms with E-state index in [1.54, 1.807) is 25.1 Å². The molecule has 1 heterocycles. The number of anilines is 1. The first-order chi connectivity index (χ1) is 10.0. The molecule has 1 unspecified atom stereocenters. The van der Waals surface area contributed by atoms with E-state index in [0.717, 1.165) is 13.0 Å². The monoisotopic (exact) mass is 307 g/mol. The molecule has 0 bridgehead atoms. The topological polar surface area (TPSA) is 50.9 Å². The van der Waals surface area contributed by atoms with Gasteiger partial charge in [-0.25, -0.2) is 9.37 Å². The molecule has 3 nitrogen and oxygen atoms in total. The van der Waals surface area contributed by atoms with Crippen molar-refractivity contribution in [2.75, 3.05) is 12.3 Å². The average Bonchev–Trinajstić information content (AvgIpc) is 2.47. The number of nitrogen functional groups attached to an aromatic ring is 1. The second-order valence-corrected chi connectivity index (χ2v) is 5.43. The van der Waals surface area contributed by atoms with Crippen molar-refractivity contribution < 1.29 is 4.39 Å². The Kier molecular flexibility index (Phi) is 5.15. The lowest BCUT2D eigenvalue weighted by Gasteiger charge is -2.22. The number of aromatic nitrogens is 1. The molecule has 0 aliphatic rings. The largest absolute Gasteiger partial charge is 0.383 e. The van der Waals surface area contributed by atoms with Crippen LogP contribution in [-0.4, -0.2) is 11.5 Å². The molecule has 0 saturated carbocycles. The number of nitrogens with one attached hydrogen (secondary N) is 1. The van der Waals surface area contributed by atoms with Crippen LogP contribution in [-0.2, 0) is 0 Å². The number of rotatable bonds is 5. The maximum absolute atomic E-state index is 14.5. The van der Waals surface area contributed by atoms with Gasteiger partial charge in [-0.2, -0.15) is 0 Å². The van der Waals surface area contributed by atoms with Crippen LogP contribution < -0.4 is 11.1 Å². The fourth-order valence-electron chi connectivity index (χ4n) is 2.27. The molecule has 0 aliphatic carbocycles. The third kappa shape index (κ3) is 3.52. The highest BCUT2D eigenvalue weighted by Gasteiger charge is 2.21. The van der Waals surface area contributed by atoms with E-state index in [1.807, 2.05) is 6.07 Å². The summed E-state index contributed by atoms with van der Waals surface area (Å²) in [5.41, 5.74) is 7.81. The number of nitrogens with two attached hydrogens (primary N) is 1. The van der Waals surface area contributed by atoms with E-state index in [2.05, 4.69) is 17.2 Å². The van der Waals surface area contributed by atoms with Crippen LogP contribution in [0.15, 0.2) is 30.5 Å². The molecular formula is C16H19ClFN3. The van der Waals surface area contributed by atoms with Gasteiger partial charge in [-0.1, -0.05) is 36.7 Å². The first kappa shape index (κ1) is 15.7. The van der Waals surface area contributed by atoms with E-state index >= 15 is 0 Å². The molecule has 0 radical (unpaired) electrons. The van der Waals surface area contributed by atoms with Crippen LogP contribution in [0.3, 0.4) is 0 Å². The summed E-state index contributed by atoms with van der Waals surface area (Å²) in [6.07, 6.45) is 2.42. The van der Waals surface area contributed by atoms with Gasteiger partial charge in [-0.3, -0.25) is 0 Å². The molecule has 5 heteroatoms. The van der Waals surface area contributed by atoms with Crippen LogP contribution in [0.25, 0.3) is 0 Å². The molecule has 1 aromatic carbocycles. The van der Waals surface area contributed by atoms with Gasteiger partial charge in [0.25, 0.3) is 0 Å². The minimum Gasteiger partial charge on any atom is -0.383 e. The van der Waals surface area contributed by atoms with Gasteiger partial charge in [0.05, 0.1) is 11.1 Å². The van der Waals surface area contributed by atoms with Gasteiger partial charge in [-0.15, -0.1) is 0 Å². The summed E-state index contributed by atoms with van der Waals surface area (Å²) in [7, 11) is 0. The lowest BCUT2D eigenvalue weighted by Crippen LogP contribution is -2.25. The van der Waals surface area contributed by atoms with Crippen molar-refractivity contribution in [3.8, 4) is 0 Å². The fraction of sp³-hybridized carbons (Fsp3) is 0.312. The quantitative estimate of drug-likeness (QED) is 0.882. The number of halogens is 2. The molecule has 21 heavy (non-hydrogen) atoms. The zero-order chi connectivity index (χ0) is 15.4. The smallest absolute Gasteiger partial charge is 0.131 e. The molecule has 0 spiro atoms. The Balaban J connectivity index is 2.52. The molecule has 0 amide bonds. The molecule has 0 fully saturated rings.